The van der Waals surface area contributed by atoms with Gasteiger partial charge in [-0.15, -0.1) is 0 Å². The molecule has 0 aliphatic carbocycles. The maximum atomic E-state index is 11.8. The fourth-order valence-corrected chi connectivity index (χ4v) is 4.43. The number of nitrogens with zero attached hydrogens (tertiary/aromatic N) is 1. The van der Waals surface area contributed by atoms with Gasteiger partial charge in [-0.1, -0.05) is 12.1 Å². The molecule has 27 heavy (non-hydrogen) atoms. The van der Waals surface area contributed by atoms with Gasteiger partial charge in [0.1, 0.15) is 0 Å². The topological polar surface area (TPSA) is 38.8 Å². The first-order valence-corrected chi connectivity index (χ1v) is 11.0. The fourth-order valence-electron chi connectivity index (χ4n) is 3.87. The molecule has 0 bridgehead atoms. The van der Waals surface area contributed by atoms with Crippen LogP contribution in [0.25, 0.3) is 0 Å². The molecule has 0 fully saturated rings. The summed E-state index contributed by atoms with van der Waals surface area (Å²) in [6, 6.07) is 12.5. The lowest BCUT2D eigenvalue weighted by Gasteiger charge is -2.35. The van der Waals surface area contributed by atoms with Gasteiger partial charge in [-0.3, -0.25) is 9.11 Å². The number of hydrogen-bond donors (Lipinski definition) is 0. The summed E-state index contributed by atoms with van der Waals surface area (Å²) in [5.41, 5.74) is 4.02. The van der Waals surface area contributed by atoms with Crippen LogP contribution in [0.4, 0.5) is 0 Å². The zero-order valence-electron chi connectivity index (χ0n) is 16.5. The van der Waals surface area contributed by atoms with Crippen molar-refractivity contribution in [2.24, 2.45) is 0 Å². The second-order valence-electron chi connectivity index (χ2n) is 8.14. The highest BCUT2D eigenvalue weighted by Crippen LogP contribution is 2.37. The smallest absolute Gasteiger partial charge is 0.238 e. The molecule has 2 aromatic carbocycles. The van der Waals surface area contributed by atoms with Crippen molar-refractivity contribution in [1.82, 2.24) is 4.90 Å². The van der Waals surface area contributed by atoms with Crippen LogP contribution in [0, 0.1) is 0 Å². The summed E-state index contributed by atoms with van der Waals surface area (Å²) in [6.45, 7) is 8.41. The third-order valence-electron chi connectivity index (χ3n) is 5.71. The Bertz CT molecular complexity index is 893. The van der Waals surface area contributed by atoms with Crippen molar-refractivity contribution in [3.05, 3.63) is 53.1 Å². The molecule has 4 rings (SSSR count). The minimum Gasteiger partial charge on any atom is -0.451 e. The normalized spacial score (nSPS) is 19.9. The average Bonchev–Trinajstić information content (AvgIpc) is 3.21. The molecule has 2 unspecified atom stereocenters. The monoisotopic (exact) mass is 385 g/mol. The molecule has 0 aromatic heterocycles. The van der Waals surface area contributed by atoms with Crippen molar-refractivity contribution in [3.8, 4) is 11.5 Å². The Morgan fingerprint density at radius 1 is 1.07 bits per heavy atom. The van der Waals surface area contributed by atoms with E-state index in [0.717, 1.165) is 42.3 Å². The Morgan fingerprint density at radius 2 is 1.81 bits per heavy atom. The zero-order chi connectivity index (χ0) is 19.2. The van der Waals surface area contributed by atoms with Crippen LogP contribution in [0.15, 0.2) is 41.3 Å². The summed E-state index contributed by atoms with van der Waals surface area (Å²) in [7, 11) is -0.925. The molecule has 0 saturated heterocycles. The zero-order valence-corrected chi connectivity index (χ0v) is 17.3. The minimum absolute atomic E-state index is 0.0776. The molecule has 0 amide bonds. The standard InChI is InChI=1S/C22H27NO3S/c1-15-25-20-8-5-16(11-21(20)26-15)9-10-22(2,3)23-13-17-6-7-19(27(4)24)12-18(17)14-23/h5-8,11-12,15H,9-10,13-14H2,1-4H3. The third kappa shape index (κ3) is 3.76. The Labute approximate surface area is 163 Å². The molecule has 0 N–H and O–H groups in total. The van der Waals surface area contributed by atoms with Gasteiger partial charge in [0.15, 0.2) is 11.5 Å². The van der Waals surface area contributed by atoms with E-state index in [9.17, 15) is 4.21 Å². The molecule has 2 atom stereocenters. The second kappa shape index (κ2) is 6.95. The first kappa shape index (κ1) is 18.5. The minimum atomic E-state index is -0.925. The Kier molecular flexibility index (Phi) is 4.77. The van der Waals surface area contributed by atoms with Gasteiger partial charge in [-0.05, 0) is 67.6 Å². The summed E-state index contributed by atoms with van der Waals surface area (Å²) in [5, 5.41) is 0. The highest BCUT2D eigenvalue weighted by molar-refractivity contribution is 7.84. The van der Waals surface area contributed by atoms with Crippen LogP contribution in [0.3, 0.4) is 0 Å². The second-order valence-corrected chi connectivity index (χ2v) is 9.52. The summed E-state index contributed by atoms with van der Waals surface area (Å²) in [6.07, 6.45) is 3.60. The first-order valence-electron chi connectivity index (χ1n) is 9.48. The summed E-state index contributed by atoms with van der Waals surface area (Å²) < 4.78 is 23.1. The van der Waals surface area contributed by atoms with E-state index >= 15 is 0 Å². The van der Waals surface area contributed by atoms with Crippen LogP contribution in [-0.2, 0) is 30.3 Å². The highest BCUT2D eigenvalue weighted by atomic mass is 32.2. The van der Waals surface area contributed by atoms with Crippen molar-refractivity contribution in [3.63, 3.8) is 0 Å². The van der Waals surface area contributed by atoms with Gasteiger partial charge in [0.25, 0.3) is 0 Å². The van der Waals surface area contributed by atoms with E-state index < -0.39 is 10.8 Å². The van der Waals surface area contributed by atoms with Crippen molar-refractivity contribution in [2.45, 2.75) is 63.4 Å². The fraction of sp³-hybridized carbons (Fsp3) is 0.455. The SMILES string of the molecule is CC1Oc2ccc(CCC(C)(C)N3Cc4ccc(S(C)=O)cc4C3)cc2O1. The Morgan fingerprint density at radius 3 is 2.59 bits per heavy atom. The number of rotatable bonds is 5. The van der Waals surface area contributed by atoms with E-state index in [1.807, 2.05) is 19.1 Å². The number of hydrogen-bond acceptors (Lipinski definition) is 4. The molecule has 4 nitrogen and oxygen atoms in total. The molecule has 2 heterocycles. The van der Waals surface area contributed by atoms with Crippen molar-refractivity contribution >= 4 is 10.8 Å². The van der Waals surface area contributed by atoms with Gasteiger partial charge in [-0.25, -0.2) is 0 Å². The Hall–Kier alpha value is -1.85. The van der Waals surface area contributed by atoms with Crippen LogP contribution in [-0.4, -0.2) is 27.2 Å². The van der Waals surface area contributed by atoms with Crippen molar-refractivity contribution in [2.75, 3.05) is 6.26 Å². The summed E-state index contributed by atoms with van der Waals surface area (Å²) in [4.78, 5) is 3.44. The van der Waals surface area contributed by atoms with E-state index in [4.69, 9.17) is 9.47 Å². The molecule has 0 radical (unpaired) electrons. The van der Waals surface area contributed by atoms with E-state index in [1.54, 1.807) is 6.26 Å². The highest BCUT2D eigenvalue weighted by Gasteiger charge is 2.32. The quantitative estimate of drug-likeness (QED) is 0.771. The van der Waals surface area contributed by atoms with Gasteiger partial charge in [0.05, 0.1) is 0 Å². The third-order valence-corrected chi connectivity index (χ3v) is 6.63. The maximum absolute atomic E-state index is 11.8. The van der Waals surface area contributed by atoms with E-state index in [0.29, 0.717) is 0 Å². The van der Waals surface area contributed by atoms with Crippen LogP contribution < -0.4 is 9.47 Å². The largest absolute Gasteiger partial charge is 0.451 e. The van der Waals surface area contributed by atoms with E-state index in [2.05, 4.69) is 43.0 Å². The predicted molar refractivity (Wildman–Crippen MR) is 108 cm³/mol. The van der Waals surface area contributed by atoms with Gasteiger partial charge in [-0.2, -0.15) is 0 Å². The molecule has 2 aliphatic heterocycles. The number of aryl methyl sites for hydroxylation is 1. The molecule has 0 spiro atoms. The number of benzene rings is 2. The van der Waals surface area contributed by atoms with Gasteiger partial charge in [0.2, 0.25) is 6.29 Å². The van der Waals surface area contributed by atoms with Crippen LogP contribution >= 0.6 is 0 Å². The average molecular weight is 386 g/mol. The lowest BCUT2D eigenvalue weighted by molar-refractivity contribution is 0.0678. The molecular weight excluding hydrogens is 358 g/mol. The number of ether oxygens (including phenoxy) is 2. The number of fused-ring (bicyclic) bond motifs is 2. The van der Waals surface area contributed by atoms with E-state index in [1.165, 1.54) is 16.7 Å². The lowest BCUT2D eigenvalue weighted by Crippen LogP contribution is -2.40. The lowest BCUT2D eigenvalue weighted by atomic mass is 9.93. The summed E-state index contributed by atoms with van der Waals surface area (Å²) >= 11 is 0. The molecule has 2 aromatic rings. The molecule has 5 heteroatoms. The van der Waals surface area contributed by atoms with Gasteiger partial charge in [0, 0.05) is 47.5 Å². The van der Waals surface area contributed by atoms with Crippen LogP contribution in [0.2, 0.25) is 0 Å². The van der Waals surface area contributed by atoms with Crippen LogP contribution in [0.5, 0.6) is 11.5 Å². The van der Waals surface area contributed by atoms with Crippen LogP contribution in [0.1, 0.15) is 43.9 Å². The molecule has 2 aliphatic rings. The molecule has 0 saturated carbocycles. The first-order chi connectivity index (χ1) is 12.8. The maximum Gasteiger partial charge on any atom is 0.238 e. The summed E-state index contributed by atoms with van der Waals surface area (Å²) in [5.74, 6) is 1.69. The van der Waals surface area contributed by atoms with Crippen molar-refractivity contribution in [1.29, 1.82) is 0 Å². The molecular formula is C22H27NO3S. The van der Waals surface area contributed by atoms with Gasteiger partial charge < -0.3 is 9.47 Å². The predicted octanol–water partition coefficient (Wildman–Crippen LogP) is 4.27. The molecule has 144 valence electrons. The Balaban J connectivity index is 1.42. The van der Waals surface area contributed by atoms with Gasteiger partial charge >= 0.3 is 0 Å². The van der Waals surface area contributed by atoms with Crippen molar-refractivity contribution < 1.29 is 13.7 Å². The van der Waals surface area contributed by atoms with E-state index in [-0.39, 0.29) is 11.8 Å².